The highest BCUT2D eigenvalue weighted by Gasteiger charge is 2.29. The fourth-order valence-electron chi connectivity index (χ4n) is 2.74. The van der Waals surface area contributed by atoms with Crippen LogP contribution < -0.4 is 5.32 Å². The van der Waals surface area contributed by atoms with Gasteiger partial charge >= 0.3 is 0 Å². The molecule has 21 heavy (non-hydrogen) atoms. The summed E-state index contributed by atoms with van der Waals surface area (Å²) < 4.78 is 0. The highest BCUT2D eigenvalue weighted by Crippen LogP contribution is 2.20. The van der Waals surface area contributed by atoms with Gasteiger partial charge in [-0.05, 0) is 31.5 Å². The predicted molar refractivity (Wildman–Crippen MR) is 79.5 cm³/mol. The number of fused-ring (bicyclic) bond motifs is 1. The molecule has 0 radical (unpaired) electrons. The molecule has 5 heteroatoms. The number of amides is 2. The minimum atomic E-state index is -0.458. The Labute approximate surface area is 123 Å². The van der Waals surface area contributed by atoms with Gasteiger partial charge in [-0.1, -0.05) is 18.2 Å². The van der Waals surface area contributed by atoms with Crippen LogP contribution in [0.2, 0.25) is 0 Å². The zero-order valence-electron chi connectivity index (χ0n) is 12.1. The third-order valence-corrected chi connectivity index (χ3v) is 3.69. The van der Waals surface area contributed by atoms with Crippen LogP contribution in [0.15, 0.2) is 30.3 Å². The molecule has 5 nitrogen and oxygen atoms in total. The smallest absolute Gasteiger partial charge is 0.245 e. The number of benzene rings is 1. The molecule has 1 N–H and O–H groups in total. The average Bonchev–Trinajstić information content (AvgIpc) is 2.44. The van der Waals surface area contributed by atoms with Crippen LogP contribution >= 0.6 is 0 Å². The van der Waals surface area contributed by atoms with Crippen LogP contribution in [-0.4, -0.2) is 34.3 Å². The first-order chi connectivity index (χ1) is 10.0. The maximum Gasteiger partial charge on any atom is 0.245 e. The fraction of sp³-hybridized carbons (Fsp3) is 0.312. The van der Waals surface area contributed by atoms with Gasteiger partial charge in [0.2, 0.25) is 11.8 Å². The monoisotopic (exact) mass is 283 g/mol. The minimum absolute atomic E-state index is 0.0480. The number of aromatic nitrogens is 1. The molecule has 2 aromatic rings. The van der Waals surface area contributed by atoms with Crippen molar-refractivity contribution in [3.05, 3.63) is 41.6 Å². The first kappa shape index (κ1) is 13.5. The summed E-state index contributed by atoms with van der Waals surface area (Å²) >= 11 is 0. The van der Waals surface area contributed by atoms with Crippen LogP contribution in [-0.2, 0) is 16.1 Å². The SMILES string of the molecule is Cc1cc(CN2CC(=O)NC(C)C2=O)c2ccccc2n1. The number of nitrogens with one attached hydrogen (secondary N) is 1. The van der Waals surface area contributed by atoms with Crippen molar-refractivity contribution in [2.75, 3.05) is 6.54 Å². The van der Waals surface area contributed by atoms with E-state index in [9.17, 15) is 9.59 Å². The zero-order chi connectivity index (χ0) is 15.0. The van der Waals surface area contributed by atoms with Crippen molar-refractivity contribution in [1.29, 1.82) is 0 Å². The largest absolute Gasteiger partial charge is 0.343 e. The van der Waals surface area contributed by atoms with Gasteiger partial charge in [0.25, 0.3) is 0 Å². The quantitative estimate of drug-likeness (QED) is 0.906. The summed E-state index contributed by atoms with van der Waals surface area (Å²) in [4.78, 5) is 29.9. The number of para-hydroxylation sites is 1. The van der Waals surface area contributed by atoms with Gasteiger partial charge in [0, 0.05) is 17.6 Å². The van der Waals surface area contributed by atoms with E-state index in [4.69, 9.17) is 0 Å². The molecular weight excluding hydrogens is 266 g/mol. The van der Waals surface area contributed by atoms with E-state index in [1.807, 2.05) is 37.3 Å². The molecule has 1 aliphatic heterocycles. The number of rotatable bonds is 2. The molecule has 1 aromatic heterocycles. The molecule has 0 saturated carbocycles. The molecule has 1 unspecified atom stereocenters. The summed E-state index contributed by atoms with van der Waals surface area (Å²) in [6, 6.07) is 9.37. The van der Waals surface area contributed by atoms with Gasteiger partial charge < -0.3 is 10.2 Å². The van der Waals surface area contributed by atoms with Crippen LogP contribution in [0.5, 0.6) is 0 Å². The Hall–Kier alpha value is -2.43. The average molecular weight is 283 g/mol. The number of nitrogens with zero attached hydrogens (tertiary/aromatic N) is 2. The summed E-state index contributed by atoms with van der Waals surface area (Å²) in [5.74, 6) is -0.162. The first-order valence-corrected chi connectivity index (χ1v) is 6.98. The Morgan fingerprint density at radius 3 is 2.90 bits per heavy atom. The molecule has 1 aliphatic rings. The van der Waals surface area contributed by atoms with E-state index in [0.717, 1.165) is 22.2 Å². The maximum absolute atomic E-state index is 12.2. The topological polar surface area (TPSA) is 62.3 Å². The van der Waals surface area contributed by atoms with Crippen LogP contribution in [0, 0.1) is 6.92 Å². The summed E-state index contributed by atoms with van der Waals surface area (Å²) in [5, 5.41) is 3.67. The number of aryl methyl sites for hydroxylation is 1. The molecule has 2 amide bonds. The van der Waals surface area contributed by atoms with E-state index in [-0.39, 0.29) is 18.4 Å². The van der Waals surface area contributed by atoms with E-state index in [2.05, 4.69) is 10.3 Å². The van der Waals surface area contributed by atoms with Crippen molar-refractivity contribution >= 4 is 22.7 Å². The number of hydrogen-bond donors (Lipinski definition) is 1. The van der Waals surface area contributed by atoms with Gasteiger partial charge in [0.15, 0.2) is 0 Å². The number of carbonyl (C=O) groups is 2. The second-order valence-electron chi connectivity index (χ2n) is 5.42. The number of carbonyl (C=O) groups excluding carboxylic acids is 2. The van der Waals surface area contributed by atoms with Crippen molar-refractivity contribution in [2.24, 2.45) is 0 Å². The van der Waals surface area contributed by atoms with Gasteiger partial charge in [-0.3, -0.25) is 14.6 Å². The molecule has 108 valence electrons. The van der Waals surface area contributed by atoms with Crippen molar-refractivity contribution in [2.45, 2.75) is 26.4 Å². The summed E-state index contributed by atoms with van der Waals surface area (Å²) in [6.45, 7) is 4.19. The Morgan fingerprint density at radius 2 is 2.10 bits per heavy atom. The molecular formula is C16H17N3O2. The number of hydrogen-bond acceptors (Lipinski definition) is 3. The van der Waals surface area contributed by atoms with Crippen molar-refractivity contribution in [3.8, 4) is 0 Å². The van der Waals surface area contributed by atoms with Crippen LogP contribution in [0.4, 0.5) is 0 Å². The van der Waals surface area contributed by atoms with E-state index >= 15 is 0 Å². The van der Waals surface area contributed by atoms with Crippen molar-refractivity contribution in [1.82, 2.24) is 15.2 Å². The van der Waals surface area contributed by atoms with Gasteiger partial charge in [0.1, 0.15) is 6.04 Å². The molecule has 0 spiro atoms. The van der Waals surface area contributed by atoms with Crippen LogP contribution in [0.25, 0.3) is 10.9 Å². The summed E-state index contributed by atoms with van der Waals surface area (Å²) in [7, 11) is 0. The van der Waals surface area contributed by atoms with Gasteiger partial charge in [-0.25, -0.2) is 0 Å². The summed E-state index contributed by atoms with van der Waals surface area (Å²) in [5.41, 5.74) is 2.84. The molecule has 0 aliphatic carbocycles. The Kier molecular flexibility index (Phi) is 3.33. The number of piperazine rings is 1. The standard InChI is InChI=1S/C16H17N3O2/c1-10-7-12(13-5-3-4-6-14(13)17-10)8-19-9-15(20)18-11(2)16(19)21/h3-7,11H,8-9H2,1-2H3,(H,18,20). The lowest BCUT2D eigenvalue weighted by Gasteiger charge is -2.31. The van der Waals surface area contributed by atoms with E-state index < -0.39 is 6.04 Å². The highest BCUT2D eigenvalue weighted by atomic mass is 16.2. The minimum Gasteiger partial charge on any atom is -0.343 e. The molecule has 0 bridgehead atoms. The molecule has 1 fully saturated rings. The summed E-state index contributed by atoms with van der Waals surface area (Å²) in [6.07, 6.45) is 0. The lowest BCUT2D eigenvalue weighted by molar-refractivity contribution is -0.144. The Morgan fingerprint density at radius 1 is 1.33 bits per heavy atom. The van der Waals surface area contributed by atoms with Gasteiger partial charge in [0.05, 0.1) is 12.1 Å². The van der Waals surface area contributed by atoms with E-state index in [1.165, 1.54) is 0 Å². The first-order valence-electron chi connectivity index (χ1n) is 6.98. The maximum atomic E-state index is 12.2. The number of pyridine rings is 1. The second-order valence-corrected chi connectivity index (χ2v) is 5.42. The van der Waals surface area contributed by atoms with Crippen LogP contribution in [0.3, 0.4) is 0 Å². The predicted octanol–water partition coefficient (Wildman–Crippen LogP) is 1.39. The highest BCUT2D eigenvalue weighted by molar-refractivity contribution is 5.94. The zero-order valence-corrected chi connectivity index (χ0v) is 12.1. The van der Waals surface area contributed by atoms with Gasteiger partial charge in [-0.2, -0.15) is 0 Å². The Balaban J connectivity index is 1.97. The van der Waals surface area contributed by atoms with Crippen LogP contribution in [0.1, 0.15) is 18.2 Å². The lowest BCUT2D eigenvalue weighted by Crippen LogP contribution is -2.56. The Bertz CT molecular complexity index is 727. The molecule has 3 rings (SSSR count). The molecule has 1 aromatic carbocycles. The normalized spacial score (nSPS) is 19.0. The third kappa shape index (κ3) is 2.59. The molecule has 1 atom stereocenters. The molecule has 1 saturated heterocycles. The van der Waals surface area contributed by atoms with E-state index in [1.54, 1.807) is 11.8 Å². The molecule has 2 heterocycles. The second kappa shape index (κ2) is 5.16. The lowest BCUT2D eigenvalue weighted by atomic mass is 10.1. The van der Waals surface area contributed by atoms with Gasteiger partial charge in [-0.15, -0.1) is 0 Å². The van der Waals surface area contributed by atoms with Crippen molar-refractivity contribution < 1.29 is 9.59 Å². The van der Waals surface area contributed by atoms with Crippen molar-refractivity contribution in [3.63, 3.8) is 0 Å². The van der Waals surface area contributed by atoms with E-state index in [0.29, 0.717) is 6.54 Å². The third-order valence-electron chi connectivity index (χ3n) is 3.69. The fourth-order valence-corrected chi connectivity index (χ4v) is 2.74.